The fraction of sp³-hybridized carbons (Fsp3) is 0.200. The van der Waals surface area contributed by atoms with Gasteiger partial charge in [-0.1, -0.05) is 6.92 Å². The van der Waals surface area contributed by atoms with Crippen molar-refractivity contribution in [3.05, 3.63) is 33.4 Å². The Labute approximate surface area is 95.5 Å². The van der Waals surface area contributed by atoms with Crippen LogP contribution in [0.15, 0.2) is 11.0 Å². The van der Waals surface area contributed by atoms with Crippen molar-refractivity contribution in [2.24, 2.45) is 5.73 Å². The third kappa shape index (κ3) is 1.47. The number of nitrogens with two attached hydrogens (primary N) is 1. The summed E-state index contributed by atoms with van der Waals surface area (Å²) in [5.74, 6) is -0.730. The second-order valence-electron chi connectivity index (χ2n) is 3.43. The fourth-order valence-electron chi connectivity index (χ4n) is 1.67. The minimum absolute atomic E-state index is 0.0296. The second kappa shape index (κ2) is 3.75. The Morgan fingerprint density at radius 3 is 2.94 bits per heavy atom. The van der Waals surface area contributed by atoms with Crippen molar-refractivity contribution in [3.63, 3.8) is 0 Å². The second-order valence-corrected chi connectivity index (χ2v) is 3.43. The molecule has 0 bridgehead atoms. The molecule has 7 nitrogen and oxygen atoms in total. The SMILES string of the molecule is CCc1c(C(N)=O)[nH]c2c(C#N)cnn2c1=O. The van der Waals surface area contributed by atoms with Gasteiger partial charge in [0.1, 0.15) is 17.3 Å². The van der Waals surface area contributed by atoms with E-state index in [1.54, 1.807) is 6.92 Å². The van der Waals surface area contributed by atoms with Crippen LogP contribution in [0.25, 0.3) is 5.65 Å². The topological polar surface area (TPSA) is 117 Å². The number of nitrogens with zero attached hydrogens (tertiary/aromatic N) is 3. The molecule has 0 spiro atoms. The lowest BCUT2D eigenvalue weighted by Gasteiger charge is -2.04. The first kappa shape index (κ1) is 10.9. The van der Waals surface area contributed by atoms with E-state index in [1.807, 2.05) is 6.07 Å². The molecule has 0 saturated carbocycles. The summed E-state index contributed by atoms with van der Waals surface area (Å²) >= 11 is 0. The molecule has 0 saturated heterocycles. The summed E-state index contributed by atoms with van der Waals surface area (Å²) in [5, 5.41) is 12.6. The summed E-state index contributed by atoms with van der Waals surface area (Å²) in [7, 11) is 0. The van der Waals surface area contributed by atoms with Gasteiger partial charge in [0.2, 0.25) is 0 Å². The first-order valence-electron chi connectivity index (χ1n) is 4.93. The van der Waals surface area contributed by atoms with Crippen molar-refractivity contribution in [2.45, 2.75) is 13.3 Å². The summed E-state index contributed by atoms with van der Waals surface area (Å²) in [6, 6.07) is 1.88. The van der Waals surface area contributed by atoms with Crippen LogP contribution in [0, 0.1) is 11.3 Å². The number of fused-ring (bicyclic) bond motifs is 1. The highest BCUT2D eigenvalue weighted by molar-refractivity contribution is 5.92. The molecule has 1 amide bonds. The zero-order valence-corrected chi connectivity index (χ0v) is 9.02. The molecule has 2 rings (SSSR count). The third-order valence-corrected chi connectivity index (χ3v) is 2.49. The van der Waals surface area contributed by atoms with Crippen molar-refractivity contribution >= 4 is 11.6 Å². The Hall–Kier alpha value is -2.62. The van der Waals surface area contributed by atoms with E-state index in [-0.39, 0.29) is 22.5 Å². The molecular formula is C10H9N5O2. The molecule has 0 aliphatic carbocycles. The smallest absolute Gasteiger partial charge is 0.278 e. The highest BCUT2D eigenvalue weighted by atomic mass is 16.1. The predicted octanol–water partition coefficient (Wildman–Crippen LogP) is -0.444. The van der Waals surface area contributed by atoms with Crippen LogP contribution in [0.5, 0.6) is 0 Å². The zero-order valence-electron chi connectivity index (χ0n) is 9.02. The average Bonchev–Trinajstić information content (AvgIpc) is 2.71. The van der Waals surface area contributed by atoms with Gasteiger partial charge in [-0.25, -0.2) is 0 Å². The molecule has 2 heterocycles. The Kier molecular flexibility index (Phi) is 2.40. The van der Waals surface area contributed by atoms with Crippen molar-refractivity contribution in [3.8, 4) is 6.07 Å². The number of rotatable bonds is 2. The highest BCUT2D eigenvalue weighted by Crippen LogP contribution is 2.08. The number of amides is 1. The predicted molar refractivity (Wildman–Crippen MR) is 58.4 cm³/mol. The number of carbonyl (C=O) groups is 1. The first-order valence-corrected chi connectivity index (χ1v) is 4.93. The molecule has 86 valence electrons. The van der Waals surface area contributed by atoms with E-state index in [0.717, 1.165) is 4.52 Å². The van der Waals surface area contributed by atoms with Crippen molar-refractivity contribution in [2.75, 3.05) is 0 Å². The van der Waals surface area contributed by atoms with Gasteiger partial charge >= 0.3 is 0 Å². The molecule has 0 aliphatic heterocycles. The summed E-state index contributed by atoms with van der Waals surface area (Å²) in [6.45, 7) is 1.73. The molecule has 2 aromatic rings. The van der Waals surface area contributed by atoms with E-state index < -0.39 is 11.5 Å². The number of primary amides is 1. The van der Waals surface area contributed by atoms with Crippen LogP contribution in [0.4, 0.5) is 0 Å². The minimum Gasteiger partial charge on any atom is -0.364 e. The van der Waals surface area contributed by atoms with E-state index in [0.29, 0.717) is 6.42 Å². The third-order valence-electron chi connectivity index (χ3n) is 2.49. The van der Waals surface area contributed by atoms with Crippen molar-refractivity contribution in [1.82, 2.24) is 14.6 Å². The summed E-state index contributed by atoms with van der Waals surface area (Å²) in [6.07, 6.45) is 1.61. The molecule has 17 heavy (non-hydrogen) atoms. The van der Waals surface area contributed by atoms with Gasteiger partial charge in [0.25, 0.3) is 11.5 Å². The Balaban J connectivity index is 2.97. The van der Waals surface area contributed by atoms with Gasteiger partial charge in [-0.2, -0.15) is 14.9 Å². The number of nitriles is 1. The van der Waals surface area contributed by atoms with E-state index in [2.05, 4.69) is 10.1 Å². The molecule has 0 aromatic carbocycles. The standard InChI is InChI=1S/C10H9N5O2/c1-2-6-7(8(12)16)14-9-5(3-11)4-13-15(9)10(6)17/h4,14H,2H2,1H3,(H2,12,16). The van der Waals surface area contributed by atoms with E-state index in [4.69, 9.17) is 11.0 Å². The summed E-state index contributed by atoms with van der Waals surface area (Å²) in [5.41, 5.74) is 5.42. The van der Waals surface area contributed by atoms with Gasteiger partial charge in [0.15, 0.2) is 5.65 Å². The van der Waals surface area contributed by atoms with Gasteiger partial charge in [0.05, 0.1) is 6.20 Å². The molecular weight excluding hydrogens is 222 g/mol. The number of aromatic nitrogens is 3. The molecule has 2 aromatic heterocycles. The number of carbonyl (C=O) groups excluding carboxylic acids is 1. The normalized spacial score (nSPS) is 10.4. The first-order chi connectivity index (χ1) is 8.10. The molecule has 0 atom stereocenters. The van der Waals surface area contributed by atoms with Crippen LogP contribution < -0.4 is 11.3 Å². The van der Waals surface area contributed by atoms with Crippen molar-refractivity contribution < 1.29 is 4.79 Å². The maximum absolute atomic E-state index is 12.0. The monoisotopic (exact) mass is 231 g/mol. The highest BCUT2D eigenvalue weighted by Gasteiger charge is 2.17. The molecule has 0 fully saturated rings. The van der Waals surface area contributed by atoms with Gasteiger partial charge in [-0.15, -0.1) is 0 Å². The van der Waals surface area contributed by atoms with E-state index in [1.165, 1.54) is 6.20 Å². The van der Waals surface area contributed by atoms with E-state index >= 15 is 0 Å². The van der Waals surface area contributed by atoms with Crippen LogP contribution in [0.2, 0.25) is 0 Å². The lowest BCUT2D eigenvalue weighted by atomic mass is 10.1. The Bertz CT molecular complexity index is 704. The Morgan fingerprint density at radius 1 is 1.71 bits per heavy atom. The number of nitrogens with one attached hydrogen (secondary N) is 1. The largest absolute Gasteiger partial charge is 0.364 e. The lowest BCUT2D eigenvalue weighted by molar-refractivity contribution is 0.0994. The molecule has 0 radical (unpaired) electrons. The van der Waals surface area contributed by atoms with Gasteiger partial charge in [0, 0.05) is 5.56 Å². The van der Waals surface area contributed by atoms with Crippen LogP contribution in [-0.2, 0) is 6.42 Å². The van der Waals surface area contributed by atoms with Crippen LogP contribution in [0.3, 0.4) is 0 Å². The Morgan fingerprint density at radius 2 is 2.41 bits per heavy atom. The van der Waals surface area contributed by atoms with Crippen molar-refractivity contribution in [1.29, 1.82) is 5.26 Å². The molecule has 7 heteroatoms. The van der Waals surface area contributed by atoms with E-state index in [9.17, 15) is 9.59 Å². The lowest BCUT2D eigenvalue weighted by Crippen LogP contribution is -2.27. The van der Waals surface area contributed by atoms with Crippen LogP contribution in [0.1, 0.15) is 28.5 Å². The fourth-order valence-corrected chi connectivity index (χ4v) is 1.67. The minimum atomic E-state index is -0.730. The molecule has 0 unspecified atom stereocenters. The summed E-state index contributed by atoms with van der Waals surface area (Å²) < 4.78 is 1.06. The van der Waals surface area contributed by atoms with Gasteiger partial charge in [-0.3, -0.25) is 9.59 Å². The van der Waals surface area contributed by atoms with Gasteiger partial charge < -0.3 is 10.7 Å². The number of aromatic amines is 1. The summed E-state index contributed by atoms with van der Waals surface area (Å²) in [4.78, 5) is 25.9. The number of H-pyrrole nitrogens is 1. The maximum Gasteiger partial charge on any atom is 0.278 e. The average molecular weight is 231 g/mol. The van der Waals surface area contributed by atoms with Gasteiger partial charge in [-0.05, 0) is 6.42 Å². The maximum atomic E-state index is 12.0. The van der Waals surface area contributed by atoms with Crippen LogP contribution in [-0.4, -0.2) is 20.5 Å². The molecule has 3 N–H and O–H groups in total. The zero-order chi connectivity index (χ0) is 12.6. The quantitative estimate of drug-likeness (QED) is 0.728. The number of hydrogen-bond donors (Lipinski definition) is 2. The molecule has 0 aliphatic rings. The van der Waals surface area contributed by atoms with Crippen LogP contribution >= 0.6 is 0 Å². The number of hydrogen-bond acceptors (Lipinski definition) is 4.